The van der Waals surface area contributed by atoms with Crippen molar-refractivity contribution in [3.05, 3.63) is 85.4 Å². The Morgan fingerprint density at radius 1 is 1.11 bits per heavy atom. The summed E-state index contributed by atoms with van der Waals surface area (Å²) in [6, 6.07) is 6.77. The second kappa shape index (κ2) is 12.3. The van der Waals surface area contributed by atoms with Crippen molar-refractivity contribution in [2.24, 2.45) is 0 Å². The third-order valence-corrected chi connectivity index (χ3v) is 5.88. The molecule has 0 atom stereocenters. The van der Waals surface area contributed by atoms with E-state index in [0.29, 0.717) is 23.9 Å². The van der Waals surface area contributed by atoms with Gasteiger partial charge in [0, 0.05) is 49.8 Å². The van der Waals surface area contributed by atoms with Gasteiger partial charge in [0.2, 0.25) is 5.91 Å². The molecular formula is C26H30Cl2N4O5. The van der Waals surface area contributed by atoms with Crippen molar-refractivity contribution in [1.29, 1.82) is 0 Å². The molecule has 0 fully saturated rings. The van der Waals surface area contributed by atoms with Gasteiger partial charge in [-0.05, 0) is 50.1 Å². The van der Waals surface area contributed by atoms with Crippen molar-refractivity contribution in [1.82, 2.24) is 20.2 Å². The lowest BCUT2D eigenvalue weighted by Gasteiger charge is -2.20. The first kappa shape index (κ1) is 28.3. The monoisotopic (exact) mass is 548 g/mol. The zero-order valence-electron chi connectivity index (χ0n) is 21.2. The molecule has 0 spiro atoms. The van der Waals surface area contributed by atoms with Gasteiger partial charge in [0.15, 0.2) is 5.89 Å². The number of halogens is 2. The standard InChI is InChI=1S/C26H30Cl2N4O5/c1-16-31-20(15-36-16)7-9-32-10-8-22(28)21(24(32)34)12-23(33)29-14-18-11-19(27)6-5-17(18)13-30-25(35)37-26(2,3)4/h5-6,8,10-11,15H,7,9,12-14H2,1-4H3,(H,29,33)(H,30,35). The van der Waals surface area contributed by atoms with Crippen LogP contribution in [-0.2, 0) is 42.0 Å². The average molecular weight is 549 g/mol. The van der Waals surface area contributed by atoms with Gasteiger partial charge in [0.1, 0.15) is 11.9 Å². The number of benzene rings is 1. The molecule has 198 valence electrons. The predicted molar refractivity (Wildman–Crippen MR) is 141 cm³/mol. The second-order valence-corrected chi connectivity index (χ2v) is 10.3. The minimum atomic E-state index is -0.618. The predicted octanol–water partition coefficient (Wildman–Crippen LogP) is 4.58. The van der Waals surface area contributed by atoms with E-state index in [9.17, 15) is 14.4 Å². The molecule has 37 heavy (non-hydrogen) atoms. The van der Waals surface area contributed by atoms with Crippen molar-refractivity contribution in [2.45, 2.75) is 65.8 Å². The number of ether oxygens (including phenoxy) is 1. The Bertz CT molecular complexity index is 1330. The summed E-state index contributed by atoms with van der Waals surface area (Å²) in [5.74, 6) is 0.175. The summed E-state index contributed by atoms with van der Waals surface area (Å²) >= 11 is 12.4. The maximum absolute atomic E-state index is 13.0. The van der Waals surface area contributed by atoms with Crippen LogP contribution in [0.4, 0.5) is 4.79 Å². The number of nitrogens with one attached hydrogen (secondary N) is 2. The molecule has 0 aliphatic heterocycles. The number of carbonyl (C=O) groups excluding carboxylic acids is 2. The molecule has 0 aliphatic rings. The molecule has 2 amide bonds. The van der Waals surface area contributed by atoms with E-state index >= 15 is 0 Å². The second-order valence-electron chi connectivity index (χ2n) is 9.47. The summed E-state index contributed by atoms with van der Waals surface area (Å²) in [5.41, 5.74) is 1.46. The fraction of sp³-hybridized carbons (Fsp3) is 0.385. The van der Waals surface area contributed by atoms with Crippen LogP contribution in [-0.4, -0.2) is 27.2 Å². The Morgan fingerprint density at radius 3 is 2.51 bits per heavy atom. The summed E-state index contributed by atoms with van der Waals surface area (Å²) in [7, 11) is 0. The zero-order valence-corrected chi connectivity index (χ0v) is 22.7. The molecule has 11 heteroatoms. The Kier molecular flexibility index (Phi) is 9.39. The van der Waals surface area contributed by atoms with Crippen LogP contribution in [0.2, 0.25) is 10.0 Å². The number of pyridine rings is 1. The smallest absolute Gasteiger partial charge is 0.407 e. The normalized spacial score (nSPS) is 11.3. The summed E-state index contributed by atoms with van der Waals surface area (Å²) in [6.07, 6.45) is 2.91. The molecule has 3 rings (SSSR count). The third-order valence-electron chi connectivity index (χ3n) is 5.29. The first-order valence-corrected chi connectivity index (χ1v) is 12.5. The minimum Gasteiger partial charge on any atom is -0.449 e. The van der Waals surface area contributed by atoms with E-state index in [1.165, 1.54) is 4.57 Å². The number of nitrogens with zero attached hydrogens (tertiary/aromatic N) is 2. The lowest BCUT2D eigenvalue weighted by molar-refractivity contribution is -0.120. The SMILES string of the molecule is Cc1nc(CCn2ccc(Cl)c(CC(=O)NCc3cc(Cl)ccc3CNC(=O)OC(C)(C)C)c2=O)co1. The van der Waals surface area contributed by atoms with Crippen LogP contribution in [0.15, 0.2) is 45.9 Å². The van der Waals surface area contributed by atoms with E-state index in [1.54, 1.807) is 64.4 Å². The molecular weight excluding hydrogens is 519 g/mol. The first-order chi connectivity index (χ1) is 17.4. The number of amides is 2. The number of oxazole rings is 1. The molecule has 0 aliphatic carbocycles. The average Bonchev–Trinajstić information content (AvgIpc) is 3.23. The lowest BCUT2D eigenvalue weighted by Crippen LogP contribution is -2.33. The van der Waals surface area contributed by atoms with Crippen molar-refractivity contribution in [3.8, 4) is 0 Å². The van der Waals surface area contributed by atoms with Crippen LogP contribution in [0.5, 0.6) is 0 Å². The Hall–Kier alpha value is -3.30. The van der Waals surface area contributed by atoms with Crippen molar-refractivity contribution in [2.75, 3.05) is 0 Å². The van der Waals surface area contributed by atoms with Gasteiger partial charge in [-0.15, -0.1) is 0 Å². The van der Waals surface area contributed by atoms with Crippen LogP contribution in [0.1, 0.15) is 49.0 Å². The van der Waals surface area contributed by atoms with Gasteiger partial charge in [0.25, 0.3) is 5.56 Å². The molecule has 3 aromatic rings. The van der Waals surface area contributed by atoms with Gasteiger partial charge in [-0.3, -0.25) is 9.59 Å². The van der Waals surface area contributed by atoms with E-state index < -0.39 is 11.7 Å². The maximum Gasteiger partial charge on any atom is 0.407 e. The fourth-order valence-electron chi connectivity index (χ4n) is 3.52. The van der Waals surface area contributed by atoms with Gasteiger partial charge in [0.05, 0.1) is 17.1 Å². The molecule has 1 aromatic carbocycles. The van der Waals surface area contributed by atoms with E-state index in [2.05, 4.69) is 15.6 Å². The number of rotatable bonds is 9. The number of hydrogen-bond acceptors (Lipinski definition) is 6. The summed E-state index contributed by atoms with van der Waals surface area (Å²) in [6.45, 7) is 7.79. The molecule has 2 aromatic heterocycles. The molecule has 2 N–H and O–H groups in total. The Labute approximate surface area is 225 Å². The van der Waals surface area contributed by atoms with Gasteiger partial charge in [-0.25, -0.2) is 9.78 Å². The molecule has 9 nitrogen and oxygen atoms in total. The van der Waals surface area contributed by atoms with Crippen LogP contribution in [0.3, 0.4) is 0 Å². The molecule has 2 heterocycles. The van der Waals surface area contributed by atoms with Crippen LogP contribution >= 0.6 is 23.2 Å². The summed E-state index contributed by atoms with van der Waals surface area (Å²) in [5, 5.41) is 6.21. The van der Waals surface area contributed by atoms with E-state index in [4.69, 9.17) is 32.4 Å². The first-order valence-electron chi connectivity index (χ1n) is 11.7. The van der Waals surface area contributed by atoms with Crippen LogP contribution in [0, 0.1) is 6.92 Å². The molecule has 0 bridgehead atoms. The van der Waals surface area contributed by atoms with E-state index in [1.807, 2.05) is 0 Å². The zero-order chi connectivity index (χ0) is 27.2. The molecule has 0 saturated carbocycles. The highest BCUT2D eigenvalue weighted by Crippen LogP contribution is 2.17. The number of aryl methyl sites for hydroxylation is 3. The number of aromatic nitrogens is 2. The summed E-state index contributed by atoms with van der Waals surface area (Å²) in [4.78, 5) is 42.0. The van der Waals surface area contributed by atoms with Crippen LogP contribution < -0.4 is 16.2 Å². The van der Waals surface area contributed by atoms with Crippen LogP contribution in [0.25, 0.3) is 0 Å². The summed E-state index contributed by atoms with van der Waals surface area (Å²) < 4.78 is 12.0. The van der Waals surface area contributed by atoms with E-state index in [-0.39, 0.29) is 41.6 Å². The largest absolute Gasteiger partial charge is 0.449 e. The van der Waals surface area contributed by atoms with Gasteiger partial charge >= 0.3 is 6.09 Å². The van der Waals surface area contributed by atoms with Crippen molar-refractivity contribution < 1.29 is 18.7 Å². The number of alkyl carbamates (subject to hydrolysis) is 1. The lowest BCUT2D eigenvalue weighted by atomic mass is 10.1. The van der Waals surface area contributed by atoms with Gasteiger partial charge < -0.3 is 24.4 Å². The van der Waals surface area contributed by atoms with Gasteiger partial charge in [-0.1, -0.05) is 29.3 Å². The minimum absolute atomic E-state index is 0.148. The Morgan fingerprint density at radius 2 is 1.84 bits per heavy atom. The molecule has 0 saturated heterocycles. The van der Waals surface area contributed by atoms with E-state index in [0.717, 1.165) is 16.8 Å². The molecule has 0 radical (unpaired) electrons. The fourth-order valence-corrected chi connectivity index (χ4v) is 3.92. The highest BCUT2D eigenvalue weighted by atomic mass is 35.5. The topological polar surface area (TPSA) is 115 Å². The third kappa shape index (κ3) is 8.65. The van der Waals surface area contributed by atoms with Crippen molar-refractivity contribution >= 4 is 35.2 Å². The number of carbonyl (C=O) groups is 2. The quantitative estimate of drug-likeness (QED) is 0.404. The molecule has 0 unspecified atom stereocenters. The highest BCUT2D eigenvalue weighted by Gasteiger charge is 2.17. The number of hydrogen-bond donors (Lipinski definition) is 2. The Balaban J connectivity index is 1.63. The highest BCUT2D eigenvalue weighted by molar-refractivity contribution is 6.31. The van der Waals surface area contributed by atoms with Gasteiger partial charge in [-0.2, -0.15) is 0 Å². The maximum atomic E-state index is 13.0. The van der Waals surface area contributed by atoms with Crippen molar-refractivity contribution in [3.63, 3.8) is 0 Å².